The molecule has 0 bridgehead atoms. The molecule has 0 fully saturated rings. The molecule has 3 aromatic carbocycles. The van der Waals surface area contributed by atoms with Crippen molar-refractivity contribution in [1.29, 1.82) is 0 Å². The van der Waals surface area contributed by atoms with Gasteiger partial charge >= 0.3 is 0 Å². The zero-order valence-electron chi connectivity index (χ0n) is 18.2. The molecule has 2 amide bonds. The van der Waals surface area contributed by atoms with Crippen LogP contribution in [0, 0.1) is 0 Å². The summed E-state index contributed by atoms with van der Waals surface area (Å²) in [6, 6.07) is 20.5. The molecule has 3 aromatic rings. The second-order valence-corrected chi connectivity index (χ2v) is 7.55. The minimum absolute atomic E-state index is 0.0732. The van der Waals surface area contributed by atoms with Gasteiger partial charge in [-0.1, -0.05) is 60.7 Å². The third kappa shape index (κ3) is 5.43. The Morgan fingerprint density at radius 1 is 0.903 bits per heavy atom. The van der Waals surface area contributed by atoms with Gasteiger partial charge in [-0.2, -0.15) is 0 Å². The van der Waals surface area contributed by atoms with Crippen molar-refractivity contribution in [2.45, 2.75) is 39.2 Å². The SMILES string of the molecule is CCN(CC)C(=O)CCCC(=O)NC(c1ccccc1)c1c(O)ccc2ccccc12. The molecule has 1 atom stereocenters. The summed E-state index contributed by atoms with van der Waals surface area (Å²) in [5, 5.41) is 15.7. The summed E-state index contributed by atoms with van der Waals surface area (Å²) in [5.41, 5.74) is 1.57. The van der Waals surface area contributed by atoms with E-state index in [1.54, 1.807) is 11.0 Å². The Kier molecular flexibility index (Phi) is 7.65. The van der Waals surface area contributed by atoms with Crippen molar-refractivity contribution in [3.63, 3.8) is 0 Å². The molecule has 0 aliphatic rings. The Hall–Kier alpha value is -3.34. The van der Waals surface area contributed by atoms with Gasteiger partial charge in [0.1, 0.15) is 5.75 Å². The van der Waals surface area contributed by atoms with Crippen LogP contribution in [0.3, 0.4) is 0 Å². The molecule has 0 heterocycles. The van der Waals surface area contributed by atoms with Crippen molar-refractivity contribution in [3.8, 4) is 5.75 Å². The molecule has 0 saturated heterocycles. The van der Waals surface area contributed by atoms with E-state index in [9.17, 15) is 14.7 Å². The van der Waals surface area contributed by atoms with Crippen LogP contribution < -0.4 is 5.32 Å². The van der Waals surface area contributed by atoms with Crippen LogP contribution in [0.15, 0.2) is 66.7 Å². The minimum Gasteiger partial charge on any atom is -0.508 e. The summed E-state index contributed by atoms with van der Waals surface area (Å²) in [6.45, 7) is 5.26. The van der Waals surface area contributed by atoms with Gasteiger partial charge in [-0.3, -0.25) is 9.59 Å². The Labute approximate surface area is 183 Å². The summed E-state index contributed by atoms with van der Waals surface area (Å²) in [7, 11) is 0. The van der Waals surface area contributed by atoms with Gasteiger partial charge in [-0.25, -0.2) is 0 Å². The molecule has 1 unspecified atom stereocenters. The maximum Gasteiger partial charge on any atom is 0.222 e. The highest BCUT2D eigenvalue weighted by Gasteiger charge is 2.22. The maximum absolute atomic E-state index is 12.8. The zero-order chi connectivity index (χ0) is 22.2. The number of nitrogens with one attached hydrogen (secondary N) is 1. The van der Waals surface area contributed by atoms with Gasteiger partial charge < -0.3 is 15.3 Å². The topological polar surface area (TPSA) is 69.6 Å². The van der Waals surface area contributed by atoms with Crippen molar-refractivity contribution in [3.05, 3.63) is 77.9 Å². The molecular weight excluding hydrogens is 388 g/mol. The molecule has 0 aliphatic heterocycles. The highest BCUT2D eigenvalue weighted by Crippen LogP contribution is 2.35. The van der Waals surface area contributed by atoms with Crippen molar-refractivity contribution in [2.75, 3.05) is 13.1 Å². The smallest absolute Gasteiger partial charge is 0.222 e. The molecule has 0 aromatic heterocycles. The van der Waals surface area contributed by atoms with E-state index < -0.39 is 6.04 Å². The Morgan fingerprint density at radius 2 is 1.58 bits per heavy atom. The lowest BCUT2D eigenvalue weighted by Crippen LogP contribution is -2.31. The molecule has 0 radical (unpaired) electrons. The minimum atomic E-state index is -0.488. The molecule has 162 valence electrons. The Balaban J connectivity index is 1.82. The van der Waals surface area contributed by atoms with Crippen LogP contribution in [0.2, 0.25) is 0 Å². The number of aromatic hydroxyl groups is 1. The fourth-order valence-electron chi connectivity index (χ4n) is 3.92. The summed E-state index contributed by atoms with van der Waals surface area (Å²) >= 11 is 0. The van der Waals surface area contributed by atoms with E-state index in [2.05, 4.69) is 5.32 Å². The second-order valence-electron chi connectivity index (χ2n) is 7.55. The average Bonchev–Trinajstić information content (AvgIpc) is 2.79. The first kappa shape index (κ1) is 22.3. The van der Waals surface area contributed by atoms with E-state index in [4.69, 9.17) is 0 Å². The number of carbonyl (C=O) groups is 2. The van der Waals surface area contributed by atoms with E-state index in [1.165, 1.54) is 0 Å². The van der Waals surface area contributed by atoms with Crippen LogP contribution in [-0.2, 0) is 9.59 Å². The van der Waals surface area contributed by atoms with Gasteiger partial charge in [0, 0.05) is 31.5 Å². The first-order chi connectivity index (χ1) is 15.0. The fourth-order valence-corrected chi connectivity index (χ4v) is 3.92. The number of hydrogen-bond acceptors (Lipinski definition) is 3. The van der Waals surface area contributed by atoms with E-state index in [0.717, 1.165) is 16.3 Å². The van der Waals surface area contributed by atoms with E-state index in [1.807, 2.05) is 74.5 Å². The lowest BCUT2D eigenvalue weighted by atomic mass is 9.92. The number of benzene rings is 3. The predicted octanol–water partition coefficient (Wildman–Crippen LogP) is 4.79. The van der Waals surface area contributed by atoms with E-state index in [0.29, 0.717) is 31.5 Å². The fraction of sp³-hybridized carbons (Fsp3) is 0.308. The first-order valence-corrected chi connectivity index (χ1v) is 10.9. The average molecular weight is 419 g/mol. The van der Waals surface area contributed by atoms with Gasteiger partial charge in [-0.15, -0.1) is 0 Å². The second kappa shape index (κ2) is 10.6. The Bertz CT molecular complexity index is 1030. The number of amides is 2. The van der Waals surface area contributed by atoms with Crippen LogP contribution in [0.5, 0.6) is 5.75 Å². The number of rotatable bonds is 9. The van der Waals surface area contributed by atoms with Crippen LogP contribution in [0.1, 0.15) is 50.3 Å². The quantitative estimate of drug-likeness (QED) is 0.525. The summed E-state index contributed by atoms with van der Waals surface area (Å²) < 4.78 is 0. The van der Waals surface area contributed by atoms with Gasteiger partial charge in [0.2, 0.25) is 11.8 Å². The van der Waals surface area contributed by atoms with Crippen LogP contribution in [0.25, 0.3) is 10.8 Å². The highest BCUT2D eigenvalue weighted by atomic mass is 16.3. The maximum atomic E-state index is 12.8. The standard InChI is InChI=1S/C26H30N2O3/c1-3-28(4-2)24(31)16-10-15-23(30)27-26(20-12-6-5-7-13-20)25-21-14-9-8-11-19(21)17-18-22(25)29/h5-9,11-14,17-18,26,29H,3-4,10,15-16H2,1-2H3,(H,27,30). The van der Waals surface area contributed by atoms with Crippen LogP contribution >= 0.6 is 0 Å². The van der Waals surface area contributed by atoms with Gasteiger partial charge in [0.25, 0.3) is 0 Å². The number of hydrogen-bond donors (Lipinski definition) is 2. The highest BCUT2D eigenvalue weighted by molar-refractivity contribution is 5.89. The lowest BCUT2D eigenvalue weighted by molar-refractivity contribution is -0.131. The molecule has 31 heavy (non-hydrogen) atoms. The first-order valence-electron chi connectivity index (χ1n) is 10.9. The molecule has 3 rings (SSSR count). The van der Waals surface area contributed by atoms with Gasteiger partial charge in [0.15, 0.2) is 0 Å². The van der Waals surface area contributed by atoms with Crippen molar-refractivity contribution < 1.29 is 14.7 Å². The molecule has 0 saturated carbocycles. The zero-order valence-corrected chi connectivity index (χ0v) is 18.2. The summed E-state index contributed by atoms with van der Waals surface area (Å²) in [4.78, 5) is 26.8. The normalized spacial score (nSPS) is 11.8. The summed E-state index contributed by atoms with van der Waals surface area (Å²) in [5.74, 6) is 0.0715. The predicted molar refractivity (Wildman–Crippen MR) is 124 cm³/mol. The third-order valence-corrected chi connectivity index (χ3v) is 5.59. The van der Waals surface area contributed by atoms with Crippen molar-refractivity contribution in [2.24, 2.45) is 0 Å². The molecular formula is C26H30N2O3. The lowest BCUT2D eigenvalue weighted by Gasteiger charge is -2.23. The largest absolute Gasteiger partial charge is 0.508 e. The van der Waals surface area contributed by atoms with Crippen molar-refractivity contribution in [1.82, 2.24) is 10.2 Å². The monoisotopic (exact) mass is 418 g/mol. The molecule has 5 heteroatoms. The summed E-state index contributed by atoms with van der Waals surface area (Å²) in [6.07, 6.45) is 1.09. The number of carbonyl (C=O) groups excluding carboxylic acids is 2. The van der Waals surface area contributed by atoms with Crippen molar-refractivity contribution >= 4 is 22.6 Å². The molecule has 2 N–H and O–H groups in total. The number of fused-ring (bicyclic) bond motifs is 1. The number of phenols is 1. The van der Waals surface area contributed by atoms with Crippen LogP contribution in [0.4, 0.5) is 0 Å². The third-order valence-electron chi connectivity index (χ3n) is 5.59. The van der Waals surface area contributed by atoms with Gasteiger partial charge in [-0.05, 0) is 42.7 Å². The van der Waals surface area contributed by atoms with Crippen LogP contribution in [-0.4, -0.2) is 34.9 Å². The molecule has 0 spiro atoms. The Morgan fingerprint density at radius 3 is 2.29 bits per heavy atom. The van der Waals surface area contributed by atoms with E-state index >= 15 is 0 Å². The number of phenolic OH excluding ortho intramolecular Hbond substituents is 1. The van der Waals surface area contributed by atoms with E-state index in [-0.39, 0.29) is 24.0 Å². The van der Waals surface area contributed by atoms with Gasteiger partial charge in [0.05, 0.1) is 6.04 Å². The molecule has 5 nitrogen and oxygen atoms in total. The molecule has 0 aliphatic carbocycles. The number of nitrogens with zero attached hydrogens (tertiary/aromatic N) is 1.